The molecule has 0 aliphatic carbocycles. The maximum atomic E-state index is 12.0. The molecule has 0 spiro atoms. The summed E-state index contributed by atoms with van der Waals surface area (Å²) in [6.45, 7) is 4.50. The van der Waals surface area contributed by atoms with Gasteiger partial charge in [0, 0.05) is 11.6 Å². The van der Waals surface area contributed by atoms with Crippen LogP contribution in [0.4, 0.5) is 0 Å². The number of aromatic nitrogens is 3. The van der Waals surface area contributed by atoms with Crippen molar-refractivity contribution in [1.29, 1.82) is 0 Å². The highest BCUT2D eigenvalue weighted by Crippen LogP contribution is 2.20. The number of benzene rings is 1. The van der Waals surface area contributed by atoms with E-state index in [1.54, 1.807) is 12.3 Å². The van der Waals surface area contributed by atoms with Gasteiger partial charge in [-0.1, -0.05) is 0 Å². The maximum absolute atomic E-state index is 12.0. The molecule has 0 bridgehead atoms. The maximum Gasteiger partial charge on any atom is 0.274 e. The first-order chi connectivity index (χ1) is 9.69. The zero-order chi connectivity index (χ0) is 14.1. The third-order valence-electron chi connectivity index (χ3n) is 3.16. The van der Waals surface area contributed by atoms with Gasteiger partial charge >= 0.3 is 0 Å². The molecule has 1 N–H and O–H groups in total. The van der Waals surface area contributed by atoms with Gasteiger partial charge in [-0.25, -0.2) is 0 Å². The van der Waals surface area contributed by atoms with Crippen LogP contribution in [0.5, 0.6) is 5.75 Å². The predicted octanol–water partition coefficient (Wildman–Crippen LogP) is 2.40. The second-order valence-corrected chi connectivity index (χ2v) is 4.57. The molecule has 0 fully saturated rings. The molecule has 0 aliphatic rings. The summed E-state index contributed by atoms with van der Waals surface area (Å²) < 4.78 is 6.78. The Labute approximate surface area is 115 Å². The molecule has 1 aromatic carbocycles. The summed E-state index contributed by atoms with van der Waals surface area (Å²) in [6.07, 6.45) is 1.68. The number of H-pyrrole nitrogens is 1. The van der Waals surface area contributed by atoms with Gasteiger partial charge in [-0.3, -0.25) is 4.79 Å². The van der Waals surface area contributed by atoms with Crippen LogP contribution in [0.3, 0.4) is 0 Å². The Morgan fingerprint density at radius 1 is 1.30 bits per heavy atom. The van der Waals surface area contributed by atoms with Crippen molar-refractivity contribution < 1.29 is 4.74 Å². The molecule has 2 heterocycles. The SMILES string of the molecule is CCOc1ccc(-c2cc(=O)n3ncc(C)c3[nH]2)cc1. The number of ether oxygens (including phenoxy) is 1. The molecule has 102 valence electrons. The van der Waals surface area contributed by atoms with E-state index in [1.807, 2.05) is 38.1 Å². The number of rotatable bonds is 3. The van der Waals surface area contributed by atoms with E-state index in [2.05, 4.69) is 10.1 Å². The van der Waals surface area contributed by atoms with Crippen LogP contribution in [0.15, 0.2) is 41.3 Å². The Morgan fingerprint density at radius 3 is 2.75 bits per heavy atom. The summed E-state index contributed by atoms with van der Waals surface area (Å²) in [5.74, 6) is 0.820. The molecule has 3 rings (SSSR count). The highest BCUT2D eigenvalue weighted by molar-refractivity contribution is 5.63. The van der Waals surface area contributed by atoms with Gasteiger partial charge in [0.15, 0.2) is 0 Å². The summed E-state index contributed by atoms with van der Waals surface area (Å²) in [6, 6.07) is 9.20. The number of aromatic amines is 1. The smallest absolute Gasteiger partial charge is 0.274 e. The van der Waals surface area contributed by atoms with Gasteiger partial charge in [0.25, 0.3) is 5.56 Å². The Morgan fingerprint density at radius 2 is 2.05 bits per heavy atom. The lowest BCUT2D eigenvalue weighted by molar-refractivity contribution is 0.340. The summed E-state index contributed by atoms with van der Waals surface area (Å²) in [7, 11) is 0. The van der Waals surface area contributed by atoms with Crippen molar-refractivity contribution in [3.05, 3.63) is 52.4 Å². The summed E-state index contributed by atoms with van der Waals surface area (Å²) in [5, 5.41) is 4.04. The molecule has 0 atom stereocenters. The summed E-state index contributed by atoms with van der Waals surface area (Å²) >= 11 is 0. The van der Waals surface area contributed by atoms with E-state index in [4.69, 9.17) is 4.74 Å². The number of hydrogen-bond donors (Lipinski definition) is 1. The van der Waals surface area contributed by atoms with E-state index in [0.29, 0.717) is 6.61 Å². The van der Waals surface area contributed by atoms with Crippen LogP contribution in [-0.4, -0.2) is 21.2 Å². The topological polar surface area (TPSA) is 59.4 Å². The normalized spacial score (nSPS) is 10.9. The van der Waals surface area contributed by atoms with E-state index in [0.717, 1.165) is 28.2 Å². The molecule has 2 aromatic heterocycles. The lowest BCUT2D eigenvalue weighted by Gasteiger charge is -2.06. The lowest BCUT2D eigenvalue weighted by Crippen LogP contribution is -2.14. The Balaban J connectivity index is 2.09. The van der Waals surface area contributed by atoms with Gasteiger partial charge in [-0.2, -0.15) is 9.61 Å². The van der Waals surface area contributed by atoms with Crippen molar-refractivity contribution in [2.24, 2.45) is 0 Å². The number of fused-ring (bicyclic) bond motifs is 1. The van der Waals surface area contributed by atoms with Crippen molar-refractivity contribution in [2.75, 3.05) is 6.61 Å². The van der Waals surface area contributed by atoms with Gasteiger partial charge in [0.05, 0.1) is 18.5 Å². The fourth-order valence-electron chi connectivity index (χ4n) is 2.15. The second-order valence-electron chi connectivity index (χ2n) is 4.57. The van der Waals surface area contributed by atoms with Crippen LogP contribution in [0, 0.1) is 6.92 Å². The van der Waals surface area contributed by atoms with Gasteiger partial charge < -0.3 is 9.72 Å². The summed E-state index contributed by atoms with van der Waals surface area (Å²) in [4.78, 5) is 15.3. The quantitative estimate of drug-likeness (QED) is 0.794. The van der Waals surface area contributed by atoms with Crippen molar-refractivity contribution in [1.82, 2.24) is 14.6 Å². The molecule has 0 radical (unpaired) electrons. The molecule has 20 heavy (non-hydrogen) atoms. The molecular formula is C15H15N3O2. The monoisotopic (exact) mass is 269 g/mol. The fraction of sp³-hybridized carbons (Fsp3) is 0.200. The third kappa shape index (κ3) is 2.07. The molecule has 5 heteroatoms. The van der Waals surface area contributed by atoms with Crippen LogP contribution in [0.2, 0.25) is 0 Å². The molecule has 0 amide bonds. The highest BCUT2D eigenvalue weighted by atomic mass is 16.5. The fourth-order valence-corrected chi connectivity index (χ4v) is 2.15. The van der Waals surface area contributed by atoms with Crippen LogP contribution < -0.4 is 10.3 Å². The van der Waals surface area contributed by atoms with Gasteiger partial charge in [-0.15, -0.1) is 0 Å². The first kappa shape index (κ1) is 12.5. The Hall–Kier alpha value is -2.56. The van der Waals surface area contributed by atoms with Gasteiger partial charge in [-0.05, 0) is 43.7 Å². The first-order valence-corrected chi connectivity index (χ1v) is 6.50. The highest BCUT2D eigenvalue weighted by Gasteiger charge is 2.07. The van der Waals surface area contributed by atoms with Gasteiger partial charge in [0.2, 0.25) is 0 Å². The molecule has 0 unspecified atom stereocenters. The van der Waals surface area contributed by atoms with Crippen LogP contribution in [0.25, 0.3) is 16.9 Å². The zero-order valence-corrected chi connectivity index (χ0v) is 11.4. The average Bonchev–Trinajstić information content (AvgIpc) is 2.82. The van der Waals surface area contributed by atoms with Crippen LogP contribution >= 0.6 is 0 Å². The van der Waals surface area contributed by atoms with Crippen molar-refractivity contribution in [2.45, 2.75) is 13.8 Å². The van der Waals surface area contributed by atoms with Gasteiger partial charge in [0.1, 0.15) is 11.4 Å². The molecule has 5 nitrogen and oxygen atoms in total. The largest absolute Gasteiger partial charge is 0.494 e. The molecule has 0 aliphatic heterocycles. The first-order valence-electron chi connectivity index (χ1n) is 6.50. The number of hydrogen-bond acceptors (Lipinski definition) is 3. The Kier molecular flexibility index (Phi) is 3.02. The molecule has 0 saturated carbocycles. The average molecular weight is 269 g/mol. The Bertz CT molecular complexity index is 800. The van der Waals surface area contributed by atoms with Crippen molar-refractivity contribution in [3.63, 3.8) is 0 Å². The predicted molar refractivity (Wildman–Crippen MR) is 77.2 cm³/mol. The minimum atomic E-state index is -0.143. The van der Waals surface area contributed by atoms with Crippen molar-refractivity contribution in [3.8, 4) is 17.0 Å². The minimum absolute atomic E-state index is 0.143. The second kappa shape index (κ2) is 4.85. The van der Waals surface area contributed by atoms with Crippen LogP contribution in [-0.2, 0) is 0 Å². The third-order valence-corrected chi connectivity index (χ3v) is 3.16. The minimum Gasteiger partial charge on any atom is -0.494 e. The number of nitrogens with one attached hydrogen (secondary N) is 1. The standard InChI is InChI=1S/C15H15N3O2/c1-3-20-12-6-4-11(5-7-12)13-8-14(19)18-15(17-13)10(2)9-16-18/h4-9,17H,3H2,1-2H3. The van der Waals surface area contributed by atoms with Crippen LogP contribution in [0.1, 0.15) is 12.5 Å². The summed E-state index contributed by atoms with van der Waals surface area (Å²) in [5.41, 5.74) is 3.23. The molecule has 0 saturated heterocycles. The van der Waals surface area contributed by atoms with E-state index in [-0.39, 0.29) is 5.56 Å². The van der Waals surface area contributed by atoms with E-state index in [9.17, 15) is 4.79 Å². The zero-order valence-electron chi connectivity index (χ0n) is 11.4. The van der Waals surface area contributed by atoms with E-state index < -0.39 is 0 Å². The lowest BCUT2D eigenvalue weighted by atomic mass is 10.1. The van der Waals surface area contributed by atoms with E-state index >= 15 is 0 Å². The number of nitrogens with zero attached hydrogens (tertiary/aromatic N) is 2. The van der Waals surface area contributed by atoms with Crippen molar-refractivity contribution >= 4 is 5.65 Å². The van der Waals surface area contributed by atoms with E-state index in [1.165, 1.54) is 4.52 Å². The molecular weight excluding hydrogens is 254 g/mol. The molecule has 3 aromatic rings. The number of aryl methyl sites for hydroxylation is 1.